The zero-order valence-corrected chi connectivity index (χ0v) is 61.8. The lowest BCUT2D eigenvalue weighted by Crippen LogP contribution is -2.66. The first kappa shape index (κ1) is 91.9. The van der Waals surface area contributed by atoms with Gasteiger partial charge in [0.05, 0.1) is 51.7 Å². The smallest absolute Gasteiger partial charge is 0.303 e. The van der Waals surface area contributed by atoms with Crippen LogP contribution < -0.4 is 27.0 Å². The maximum absolute atomic E-state index is 13.9. The molecule has 0 saturated carbocycles. The van der Waals surface area contributed by atoms with Gasteiger partial charge in [-0.15, -0.1) is 0 Å². The van der Waals surface area contributed by atoms with Gasteiger partial charge < -0.3 is 112 Å². The maximum atomic E-state index is 13.9. The van der Waals surface area contributed by atoms with E-state index in [1.54, 1.807) is 0 Å². The number of Topliss-reactive ketones (excluding diaryl/α,β-unsaturated/α-hetero) is 3. The minimum absolute atomic E-state index is 0.0188. The number of amides is 4. The molecule has 3 heterocycles. The number of hydrogen-bond acceptors (Lipinski definition) is 35. The van der Waals surface area contributed by atoms with Crippen molar-refractivity contribution in [2.75, 3.05) is 79.3 Å². The Morgan fingerprint density at radius 2 is 0.642 bits per heavy atom. The number of rotatable bonds is 48. The topological polar surface area (TPSA) is 513 Å². The van der Waals surface area contributed by atoms with Crippen LogP contribution in [0.15, 0.2) is 0 Å². The van der Waals surface area contributed by atoms with E-state index in [-0.39, 0.29) is 129 Å². The number of carbonyl (C=O) groups excluding carboxylic acids is 16. The highest BCUT2D eigenvalue weighted by molar-refractivity contribution is 5.90. The summed E-state index contributed by atoms with van der Waals surface area (Å²) in [7, 11) is 0. The van der Waals surface area contributed by atoms with Gasteiger partial charge in [-0.25, -0.2) is 0 Å². The quantitative estimate of drug-likeness (QED) is 0.0262. The van der Waals surface area contributed by atoms with Gasteiger partial charge in [0, 0.05) is 135 Å². The molecule has 0 aliphatic carbocycles. The van der Waals surface area contributed by atoms with Crippen LogP contribution in [0.1, 0.15) is 147 Å². The van der Waals surface area contributed by atoms with E-state index in [2.05, 4.69) is 21.3 Å². The van der Waals surface area contributed by atoms with Gasteiger partial charge in [0.15, 0.2) is 61.3 Å². The molecule has 6 N–H and O–H groups in total. The largest absolute Gasteiger partial charge is 0.463 e. The number of nitrogens with one attached hydrogen (secondary N) is 4. The minimum Gasteiger partial charge on any atom is -0.463 e. The average Bonchev–Trinajstić information content (AvgIpc) is 0.801. The van der Waals surface area contributed by atoms with Crippen LogP contribution in [-0.4, -0.2) is 278 Å². The number of ether oxygens (including phenoxy) is 18. The first-order valence-corrected chi connectivity index (χ1v) is 34.5. The molecule has 17 atom stereocenters. The van der Waals surface area contributed by atoms with Gasteiger partial charge >= 0.3 is 53.7 Å². The molecule has 0 aromatic carbocycles. The molecule has 0 radical (unpaired) electrons. The molecule has 0 spiro atoms. The normalized spacial score (nSPS) is 24.5. The summed E-state index contributed by atoms with van der Waals surface area (Å²) >= 11 is 0. The van der Waals surface area contributed by atoms with Crippen LogP contribution in [0.2, 0.25) is 0 Å². The molecule has 3 aliphatic heterocycles. The molecule has 4 amide bonds. The molecule has 3 rings (SSSR count). The third kappa shape index (κ3) is 35.9. The number of ketones is 3. The minimum atomic E-state index is -1.37. The Morgan fingerprint density at radius 3 is 0.943 bits per heavy atom. The fourth-order valence-corrected chi connectivity index (χ4v) is 11.2. The van der Waals surface area contributed by atoms with E-state index < -0.39 is 213 Å². The van der Waals surface area contributed by atoms with Crippen molar-refractivity contribution < 1.29 is 162 Å². The van der Waals surface area contributed by atoms with Crippen LogP contribution in [0.25, 0.3) is 0 Å². The molecule has 0 bridgehead atoms. The second-order valence-corrected chi connectivity index (χ2v) is 24.7. The lowest BCUT2D eigenvalue weighted by atomic mass is 9.96. The average molecular weight is 1520 g/mol. The van der Waals surface area contributed by atoms with E-state index >= 15 is 0 Å². The second kappa shape index (κ2) is 48.8. The lowest BCUT2D eigenvalue weighted by Gasteiger charge is -2.44. The van der Waals surface area contributed by atoms with E-state index in [1.165, 1.54) is 20.8 Å². The molecule has 39 heteroatoms. The third-order valence-corrected chi connectivity index (χ3v) is 15.4. The molecule has 3 saturated heterocycles. The monoisotopic (exact) mass is 1520 g/mol. The zero-order chi connectivity index (χ0) is 79.2. The summed E-state index contributed by atoms with van der Waals surface area (Å²) in [5.74, 6) is -10.4. The van der Waals surface area contributed by atoms with Crippen LogP contribution in [-0.2, 0) is 162 Å². The molecule has 600 valence electrons. The molecule has 39 nitrogen and oxygen atoms in total. The highest BCUT2D eigenvalue weighted by Gasteiger charge is 2.54. The molecule has 0 aromatic heterocycles. The first-order chi connectivity index (χ1) is 50.1. The zero-order valence-electron chi connectivity index (χ0n) is 61.8. The summed E-state index contributed by atoms with van der Waals surface area (Å²) < 4.78 is 101. The number of nitrogens with two attached hydrogens (primary N) is 1. The molecular weight excluding hydrogens is 1420 g/mol. The van der Waals surface area contributed by atoms with Gasteiger partial charge in [-0.3, -0.25) is 76.7 Å². The molecular formula is C67H103N5O34. The molecule has 0 aromatic rings. The van der Waals surface area contributed by atoms with Gasteiger partial charge in [0.2, 0.25) is 23.6 Å². The van der Waals surface area contributed by atoms with E-state index in [0.717, 1.165) is 62.3 Å². The summed E-state index contributed by atoms with van der Waals surface area (Å²) in [5, 5.41) is 10.4. The fourth-order valence-electron chi connectivity index (χ4n) is 11.2. The number of hydrogen-bond donors (Lipinski definition) is 5. The first-order valence-electron chi connectivity index (χ1n) is 34.5. The fraction of sp³-hybridized carbons (Fsp3) is 0.761. The lowest BCUT2D eigenvalue weighted by molar-refractivity contribution is -0.279. The van der Waals surface area contributed by atoms with Gasteiger partial charge in [0.1, 0.15) is 67.8 Å². The molecule has 3 fully saturated rings. The van der Waals surface area contributed by atoms with Crippen LogP contribution in [0, 0.1) is 0 Å². The predicted molar refractivity (Wildman–Crippen MR) is 353 cm³/mol. The van der Waals surface area contributed by atoms with Crippen molar-refractivity contribution in [1.82, 2.24) is 21.3 Å². The van der Waals surface area contributed by atoms with Gasteiger partial charge in [-0.05, 0) is 32.1 Å². The van der Waals surface area contributed by atoms with E-state index in [4.69, 9.17) is 91.0 Å². The van der Waals surface area contributed by atoms with Crippen molar-refractivity contribution >= 4 is 94.7 Å². The maximum Gasteiger partial charge on any atom is 0.303 e. The number of esters is 9. The standard InChI is InChI=1S/C67H103N5O34/c1-35(73)69-56-62(101-44(10)82)59(98-41(7)79)52(32-95-38(4)76)104-65(56)92-29-26-89-23-13-16-47(85)19-21-49(51(87)18-15-25-91-28-31-94-67-58(71-37(3)75)64(103-46(12)84)61(100-43(9)81)54(106-67)34-97-40(6)78)72-55(88)22-20-48(68)50(86)17-14-24-90-27-30-93-66-57(70-36(2)74)63(102-45(11)83)60(99-42(8)80)53(105-66)33-96-39(5)77/h48-49,52-54,56-67H,13-34,68H2,1-12H3,(H,69,73)(H,70,74)(H,71,75)(H,72,88). The van der Waals surface area contributed by atoms with Crippen LogP contribution >= 0.6 is 0 Å². The van der Waals surface area contributed by atoms with E-state index in [1.807, 2.05) is 0 Å². The van der Waals surface area contributed by atoms with E-state index in [0.29, 0.717) is 0 Å². The Hall–Kier alpha value is -8.28. The summed E-state index contributed by atoms with van der Waals surface area (Å²) in [5.41, 5.74) is 6.22. The Kier molecular flexibility index (Phi) is 42.3. The van der Waals surface area contributed by atoms with Crippen molar-refractivity contribution in [2.24, 2.45) is 5.73 Å². The summed E-state index contributed by atoms with van der Waals surface area (Å²) in [6.07, 6.45) is -16.2. The highest BCUT2D eigenvalue weighted by Crippen LogP contribution is 2.31. The van der Waals surface area contributed by atoms with Crippen molar-refractivity contribution in [3.8, 4) is 0 Å². The Bertz CT molecular complexity index is 2950. The highest BCUT2D eigenvalue weighted by atomic mass is 16.7. The van der Waals surface area contributed by atoms with Crippen molar-refractivity contribution in [2.45, 2.75) is 251 Å². The van der Waals surface area contributed by atoms with E-state index in [9.17, 15) is 76.7 Å². The Morgan fingerprint density at radius 1 is 0.340 bits per heavy atom. The molecule has 3 aliphatic rings. The van der Waals surface area contributed by atoms with Gasteiger partial charge in [0.25, 0.3) is 0 Å². The van der Waals surface area contributed by atoms with Crippen LogP contribution in [0.4, 0.5) is 0 Å². The third-order valence-electron chi connectivity index (χ3n) is 15.4. The van der Waals surface area contributed by atoms with Crippen molar-refractivity contribution in [1.29, 1.82) is 0 Å². The SMILES string of the molecule is CC(=O)NC1C(OCCOCCCC(=O)CCC(NC(=O)CCC(N)C(=O)CCCOCCOC2OC(COC(C)=O)C(OC(C)=O)C(OC(C)=O)C2NC(C)=O)C(=O)CCCOCCOC2OC(COC(C)=O)C(OC(C)=O)C(OC(C)=O)C2NC(C)=O)OC(COC(C)=O)C(OC(C)=O)C1OC(C)=O. The Balaban J connectivity index is 1.64. The number of carbonyl (C=O) groups is 16. The van der Waals surface area contributed by atoms with Crippen LogP contribution in [0.3, 0.4) is 0 Å². The van der Waals surface area contributed by atoms with Crippen molar-refractivity contribution in [3.05, 3.63) is 0 Å². The summed E-state index contributed by atoms with van der Waals surface area (Å²) in [6, 6.07) is -5.96. The van der Waals surface area contributed by atoms with Crippen molar-refractivity contribution in [3.63, 3.8) is 0 Å². The summed E-state index contributed by atoms with van der Waals surface area (Å²) in [6.45, 7) is 11.4. The second-order valence-electron chi connectivity index (χ2n) is 24.7. The Labute approximate surface area is 612 Å². The van der Waals surface area contributed by atoms with Gasteiger partial charge in [-0.1, -0.05) is 0 Å². The van der Waals surface area contributed by atoms with Gasteiger partial charge in [-0.2, -0.15) is 0 Å². The summed E-state index contributed by atoms with van der Waals surface area (Å²) in [4.78, 5) is 199. The molecule has 17 unspecified atom stereocenters. The van der Waals surface area contributed by atoms with Crippen LogP contribution in [0.5, 0.6) is 0 Å². The molecule has 106 heavy (non-hydrogen) atoms. The predicted octanol–water partition coefficient (Wildman–Crippen LogP) is -1.53.